The molecule has 0 spiro atoms. The summed E-state index contributed by atoms with van der Waals surface area (Å²) in [5, 5.41) is 12.7. The van der Waals surface area contributed by atoms with E-state index in [9.17, 15) is 9.65 Å². The molecule has 21 heavy (non-hydrogen) atoms. The summed E-state index contributed by atoms with van der Waals surface area (Å²) < 4.78 is 14.5. The second-order valence-electron chi connectivity index (χ2n) is 5.41. The zero-order valence-electron chi connectivity index (χ0n) is 11.3. The van der Waals surface area contributed by atoms with Gasteiger partial charge in [0.15, 0.2) is 0 Å². The molecule has 2 aromatic carbocycles. The molecule has 0 aliphatic heterocycles. The quantitative estimate of drug-likeness (QED) is 0.881. The molecule has 1 fully saturated rings. The highest BCUT2D eigenvalue weighted by atomic mass is 79.9. The van der Waals surface area contributed by atoms with Gasteiger partial charge in [0.05, 0.1) is 17.2 Å². The van der Waals surface area contributed by atoms with Gasteiger partial charge in [-0.3, -0.25) is 0 Å². The molecule has 0 unspecified atom stereocenters. The number of hydrogen-bond acceptors (Lipinski definition) is 2. The molecule has 0 bridgehead atoms. The normalized spacial score (nSPS) is 24.0. The van der Waals surface area contributed by atoms with Crippen LogP contribution in [-0.4, -0.2) is 6.04 Å². The molecule has 0 radical (unpaired) electrons. The molecule has 0 heterocycles. The van der Waals surface area contributed by atoms with Crippen LogP contribution in [0.25, 0.3) is 0 Å². The second kappa shape index (κ2) is 5.50. The van der Waals surface area contributed by atoms with Crippen LogP contribution in [0.15, 0.2) is 53.0 Å². The van der Waals surface area contributed by atoms with Crippen molar-refractivity contribution in [3.05, 3.63) is 64.4 Å². The Hall–Kier alpha value is -1.86. The third-order valence-electron chi connectivity index (χ3n) is 4.04. The molecule has 1 N–H and O–H groups in total. The SMILES string of the molecule is N#CC1(c2ccccc2)CC(Nc2c(F)cccc2Br)C1. The molecule has 2 aromatic rings. The lowest BCUT2D eigenvalue weighted by Crippen LogP contribution is -2.47. The van der Waals surface area contributed by atoms with Gasteiger partial charge in [-0.2, -0.15) is 5.26 Å². The summed E-state index contributed by atoms with van der Waals surface area (Å²) in [5.41, 5.74) is 1.07. The van der Waals surface area contributed by atoms with E-state index in [1.807, 2.05) is 30.3 Å². The van der Waals surface area contributed by atoms with Crippen molar-refractivity contribution in [3.8, 4) is 6.07 Å². The maximum Gasteiger partial charge on any atom is 0.147 e. The first-order valence-electron chi connectivity index (χ1n) is 6.82. The minimum atomic E-state index is -0.448. The highest BCUT2D eigenvalue weighted by molar-refractivity contribution is 9.10. The van der Waals surface area contributed by atoms with Gasteiger partial charge < -0.3 is 5.32 Å². The Labute approximate surface area is 131 Å². The fourth-order valence-corrected chi connectivity index (χ4v) is 3.33. The fraction of sp³-hybridized carbons (Fsp3) is 0.235. The Bertz CT molecular complexity index is 667. The summed E-state index contributed by atoms with van der Waals surface area (Å²) in [4.78, 5) is 0. The van der Waals surface area contributed by atoms with E-state index >= 15 is 0 Å². The summed E-state index contributed by atoms with van der Waals surface area (Å²) in [6.45, 7) is 0. The fourth-order valence-electron chi connectivity index (χ4n) is 2.87. The molecule has 0 saturated heterocycles. The maximum absolute atomic E-state index is 13.8. The van der Waals surface area contributed by atoms with Gasteiger partial charge in [-0.25, -0.2) is 4.39 Å². The van der Waals surface area contributed by atoms with Gasteiger partial charge >= 0.3 is 0 Å². The topological polar surface area (TPSA) is 35.8 Å². The van der Waals surface area contributed by atoms with Crippen molar-refractivity contribution in [1.82, 2.24) is 0 Å². The van der Waals surface area contributed by atoms with Crippen LogP contribution >= 0.6 is 15.9 Å². The van der Waals surface area contributed by atoms with Gasteiger partial charge in [0.1, 0.15) is 5.82 Å². The van der Waals surface area contributed by atoms with Crippen LogP contribution < -0.4 is 5.32 Å². The molecule has 0 amide bonds. The first kappa shape index (κ1) is 14.1. The van der Waals surface area contributed by atoms with E-state index in [0.29, 0.717) is 23.0 Å². The molecule has 2 nitrogen and oxygen atoms in total. The smallest absolute Gasteiger partial charge is 0.147 e. The van der Waals surface area contributed by atoms with Gasteiger partial charge in [-0.05, 0) is 46.5 Å². The van der Waals surface area contributed by atoms with Gasteiger partial charge in [-0.15, -0.1) is 0 Å². The number of hydrogen-bond donors (Lipinski definition) is 1. The van der Waals surface area contributed by atoms with Crippen molar-refractivity contribution in [2.45, 2.75) is 24.3 Å². The molecule has 0 aromatic heterocycles. The van der Waals surface area contributed by atoms with E-state index in [0.717, 1.165) is 5.56 Å². The standard InChI is InChI=1S/C17H14BrFN2/c18-14-7-4-8-15(19)16(14)21-13-9-17(10-13,11-20)12-5-2-1-3-6-12/h1-8,13,21H,9-10H2. The van der Waals surface area contributed by atoms with Gasteiger partial charge in [0, 0.05) is 10.5 Å². The van der Waals surface area contributed by atoms with Crippen LogP contribution in [0, 0.1) is 17.1 Å². The molecule has 4 heteroatoms. The zero-order chi connectivity index (χ0) is 14.9. The van der Waals surface area contributed by atoms with E-state index < -0.39 is 5.41 Å². The summed E-state index contributed by atoms with van der Waals surface area (Å²) in [7, 11) is 0. The molecule has 1 aliphatic carbocycles. The number of halogens is 2. The van der Waals surface area contributed by atoms with Crippen molar-refractivity contribution in [2.24, 2.45) is 0 Å². The van der Waals surface area contributed by atoms with Crippen molar-refractivity contribution in [1.29, 1.82) is 5.26 Å². The average Bonchev–Trinajstić information content (AvgIpc) is 2.46. The number of anilines is 1. The Morgan fingerprint density at radius 2 is 1.86 bits per heavy atom. The van der Waals surface area contributed by atoms with Crippen molar-refractivity contribution in [2.75, 3.05) is 5.32 Å². The number of nitrogens with zero attached hydrogens (tertiary/aromatic N) is 1. The van der Waals surface area contributed by atoms with Gasteiger partial charge in [-0.1, -0.05) is 36.4 Å². The van der Waals surface area contributed by atoms with Crippen LogP contribution in [0.5, 0.6) is 0 Å². The Morgan fingerprint density at radius 1 is 1.14 bits per heavy atom. The lowest BCUT2D eigenvalue weighted by Gasteiger charge is -2.43. The Morgan fingerprint density at radius 3 is 2.48 bits per heavy atom. The molecule has 0 atom stereocenters. The predicted octanol–water partition coefficient (Wildman–Crippen LogP) is 4.62. The average molecular weight is 345 g/mol. The minimum Gasteiger partial charge on any atom is -0.379 e. The van der Waals surface area contributed by atoms with Crippen LogP contribution in [-0.2, 0) is 5.41 Å². The van der Waals surface area contributed by atoms with E-state index in [1.54, 1.807) is 12.1 Å². The van der Waals surface area contributed by atoms with Crippen LogP contribution in [0.3, 0.4) is 0 Å². The third kappa shape index (κ3) is 2.54. The first-order chi connectivity index (χ1) is 10.1. The Balaban J connectivity index is 1.75. The maximum atomic E-state index is 13.8. The minimum absolute atomic E-state index is 0.109. The summed E-state index contributed by atoms with van der Waals surface area (Å²) >= 11 is 3.35. The van der Waals surface area contributed by atoms with E-state index in [-0.39, 0.29) is 11.9 Å². The van der Waals surface area contributed by atoms with E-state index in [4.69, 9.17) is 0 Å². The van der Waals surface area contributed by atoms with Gasteiger partial charge in [0.25, 0.3) is 0 Å². The lowest BCUT2D eigenvalue weighted by atomic mass is 9.62. The van der Waals surface area contributed by atoms with Crippen molar-refractivity contribution < 1.29 is 4.39 Å². The predicted molar refractivity (Wildman–Crippen MR) is 84.5 cm³/mol. The van der Waals surface area contributed by atoms with Crippen molar-refractivity contribution >= 4 is 21.6 Å². The van der Waals surface area contributed by atoms with E-state index in [2.05, 4.69) is 27.3 Å². The summed E-state index contributed by atoms with van der Waals surface area (Å²) in [6, 6.07) is 17.2. The highest BCUT2D eigenvalue weighted by Crippen LogP contribution is 2.45. The molecule has 106 valence electrons. The molecule has 1 saturated carbocycles. The van der Waals surface area contributed by atoms with Crippen molar-refractivity contribution in [3.63, 3.8) is 0 Å². The largest absolute Gasteiger partial charge is 0.379 e. The molecule has 3 rings (SSSR count). The second-order valence-corrected chi connectivity index (χ2v) is 6.26. The van der Waals surface area contributed by atoms with Gasteiger partial charge in [0.2, 0.25) is 0 Å². The van der Waals surface area contributed by atoms with E-state index in [1.165, 1.54) is 6.07 Å². The lowest BCUT2D eigenvalue weighted by molar-refractivity contribution is 0.288. The molecular formula is C17H14BrFN2. The third-order valence-corrected chi connectivity index (χ3v) is 4.70. The number of nitriles is 1. The summed E-state index contributed by atoms with van der Waals surface area (Å²) in [5.74, 6) is -0.279. The Kier molecular flexibility index (Phi) is 3.69. The first-order valence-corrected chi connectivity index (χ1v) is 7.61. The molecular weight excluding hydrogens is 331 g/mol. The number of rotatable bonds is 3. The number of para-hydroxylation sites is 1. The number of nitrogens with one attached hydrogen (secondary N) is 1. The van der Waals surface area contributed by atoms with Crippen LogP contribution in [0.1, 0.15) is 18.4 Å². The molecule has 1 aliphatic rings. The highest BCUT2D eigenvalue weighted by Gasteiger charge is 2.46. The number of benzene rings is 2. The van der Waals surface area contributed by atoms with Crippen LogP contribution in [0.4, 0.5) is 10.1 Å². The van der Waals surface area contributed by atoms with Crippen LogP contribution in [0.2, 0.25) is 0 Å². The summed E-state index contributed by atoms with van der Waals surface area (Å²) in [6.07, 6.45) is 1.38. The zero-order valence-corrected chi connectivity index (χ0v) is 12.9. The monoisotopic (exact) mass is 344 g/mol.